The average Bonchev–Trinajstić information content (AvgIpc) is 3.32. The van der Waals surface area contributed by atoms with E-state index < -0.39 is 10.0 Å². The van der Waals surface area contributed by atoms with Crippen molar-refractivity contribution >= 4 is 38.2 Å². The molecule has 8 heteroatoms. The van der Waals surface area contributed by atoms with Crippen molar-refractivity contribution in [3.63, 3.8) is 0 Å². The van der Waals surface area contributed by atoms with Crippen molar-refractivity contribution in [3.8, 4) is 0 Å². The van der Waals surface area contributed by atoms with Gasteiger partial charge in [0, 0.05) is 48.0 Å². The van der Waals surface area contributed by atoms with Crippen molar-refractivity contribution < 1.29 is 13.2 Å². The lowest BCUT2D eigenvalue weighted by Gasteiger charge is -2.20. The van der Waals surface area contributed by atoms with E-state index in [2.05, 4.69) is 5.32 Å². The summed E-state index contributed by atoms with van der Waals surface area (Å²) in [6.45, 7) is 2.31. The number of nitrogens with zero attached hydrogens (tertiary/aromatic N) is 2. The molecule has 4 rings (SSSR count). The van der Waals surface area contributed by atoms with Crippen LogP contribution in [0.25, 0.3) is 10.9 Å². The largest absolute Gasteiger partial charge is 0.351 e. The summed E-state index contributed by atoms with van der Waals surface area (Å²) in [4.78, 5) is 13.6. The van der Waals surface area contributed by atoms with Gasteiger partial charge in [-0.2, -0.15) is 4.31 Å². The van der Waals surface area contributed by atoms with Crippen molar-refractivity contribution in [1.29, 1.82) is 0 Å². The molecule has 0 atom stereocenters. The van der Waals surface area contributed by atoms with Crippen LogP contribution in [-0.2, 0) is 27.9 Å². The van der Waals surface area contributed by atoms with Crippen molar-refractivity contribution in [2.75, 3.05) is 13.1 Å². The van der Waals surface area contributed by atoms with Gasteiger partial charge in [0.2, 0.25) is 15.9 Å². The second-order valence-electron chi connectivity index (χ2n) is 7.65. The van der Waals surface area contributed by atoms with Crippen LogP contribution in [0.1, 0.15) is 37.0 Å². The molecule has 0 radical (unpaired) electrons. The molecule has 1 fully saturated rings. The third kappa shape index (κ3) is 4.77. The maximum atomic E-state index is 13.0. The molecule has 0 bridgehead atoms. The minimum atomic E-state index is -3.46. The molecule has 3 heterocycles. The number of rotatable bonds is 7. The van der Waals surface area contributed by atoms with Crippen LogP contribution in [0, 0.1) is 0 Å². The quantitative estimate of drug-likeness (QED) is 0.598. The Hall–Kier alpha value is -2.16. The molecule has 1 amide bonds. The second kappa shape index (κ2) is 9.32. The number of sulfonamides is 1. The van der Waals surface area contributed by atoms with Crippen LogP contribution in [-0.4, -0.2) is 36.3 Å². The summed E-state index contributed by atoms with van der Waals surface area (Å²) in [5, 5.41) is 5.81. The molecule has 2 aromatic heterocycles. The fourth-order valence-electron chi connectivity index (χ4n) is 3.87. The lowest BCUT2D eigenvalue weighted by atomic mass is 10.2. The van der Waals surface area contributed by atoms with E-state index in [-0.39, 0.29) is 5.91 Å². The molecular weight excluding hydrogens is 418 g/mol. The van der Waals surface area contributed by atoms with Gasteiger partial charge in [0.25, 0.3) is 0 Å². The first-order valence-electron chi connectivity index (χ1n) is 10.4. The lowest BCUT2D eigenvalue weighted by Crippen LogP contribution is -2.31. The number of nitrogens with one attached hydrogen (secondary N) is 1. The zero-order valence-corrected chi connectivity index (χ0v) is 18.6. The van der Waals surface area contributed by atoms with E-state index in [9.17, 15) is 13.2 Å². The highest BCUT2D eigenvalue weighted by molar-refractivity contribution is 7.89. The van der Waals surface area contributed by atoms with Gasteiger partial charge in [0.15, 0.2) is 0 Å². The van der Waals surface area contributed by atoms with E-state index in [4.69, 9.17) is 0 Å². The first-order chi connectivity index (χ1) is 14.5. The number of aromatic nitrogens is 1. The topological polar surface area (TPSA) is 71.4 Å². The normalized spacial score (nSPS) is 15.9. The highest BCUT2D eigenvalue weighted by Crippen LogP contribution is 2.25. The van der Waals surface area contributed by atoms with Crippen LogP contribution in [0.4, 0.5) is 0 Å². The monoisotopic (exact) mass is 445 g/mol. The van der Waals surface area contributed by atoms with E-state index in [1.165, 1.54) is 0 Å². The SMILES string of the molecule is O=C(CCn1ccc2cc(S(=O)(=O)N3CCCCCC3)ccc21)NCc1cccs1. The summed E-state index contributed by atoms with van der Waals surface area (Å²) in [5.41, 5.74) is 0.941. The smallest absolute Gasteiger partial charge is 0.243 e. The number of hydrogen-bond donors (Lipinski definition) is 1. The molecule has 1 aliphatic rings. The van der Waals surface area contributed by atoms with Crippen LogP contribution in [0.2, 0.25) is 0 Å². The van der Waals surface area contributed by atoms with Gasteiger partial charge < -0.3 is 9.88 Å². The van der Waals surface area contributed by atoms with Crippen molar-refractivity contribution in [2.24, 2.45) is 0 Å². The average molecular weight is 446 g/mol. The molecule has 3 aromatic rings. The van der Waals surface area contributed by atoms with Gasteiger partial charge in [-0.3, -0.25) is 4.79 Å². The van der Waals surface area contributed by atoms with Crippen LogP contribution >= 0.6 is 11.3 Å². The van der Waals surface area contributed by atoms with Crippen LogP contribution in [0.3, 0.4) is 0 Å². The number of fused-ring (bicyclic) bond motifs is 1. The van der Waals surface area contributed by atoms with E-state index in [0.29, 0.717) is 37.5 Å². The first kappa shape index (κ1) is 21.1. The summed E-state index contributed by atoms with van der Waals surface area (Å²) < 4.78 is 29.7. The Morgan fingerprint density at radius 1 is 1.07 bits per heavy atom. The molecule has 1 aliphatic heterocycles. The molecule has 0 spiro atoms. The zero-order valence-electron chi connectivity index (χ0n) is 16.9. The van der Waals surface area contributed by atoms with E-state index in [1.807, 2.05) is 40.4 Å². The molecular formula is C22H27N3O3S2. The van der Waals surface area contributed by atoms with Crippen LogP contribution in [0.5, 0.6) is 0 Å². The summed E-state index contributed by atoms with van der Waals surface area (Å²) in [5.74, 6) is 0.00520. The van der Waals surface area contributed by atoms with Gasteiger partial charge in [0.1, 0.15) is 0 Å². The third-order valence-corrected chi connectivity index (χ3v) is 8.34. The van der Waals surface area contributed by atoms with Gasteiger partial charge in [0.05, 0.1) is 11.4 Å². The molecule has 0 aliphatic carbocycles. The highest BCUT2D eigenvalue weighted by Gasteiger charge is 2.25. The fourth-order valence-corrected chi connectivity index (χ4v) is 6.07. The predicted octanol–water partition coefficient (Wildman–Crippen LogP) is 3.97. The van der Waals surface area contributed by atoms with Crippen LogP contribution in [0.15, 0.2) is 52.9 Å². The first-order valence-corrected chi connectivity index (χ1v) is 12.7. The fraction of sp³-hybridized carbons (Fsp3) is 0.409. The maximum absolute atomic E-state index is 13.0. The summed E-state index contributed by atoms with van der Waals surface area (Å²) >= 11 is 1.62. The molecule has 1 saturated heterocycles. The van der Waals surface area contributed by atoms with Gasteiger partial charge in [-0.15, -0.1) is 11.3 Å². The summed E-state index contributed by atoms with van der Waals surface area (Å²) in [6, 6.07) is 11.2. The highest BCUT2D eigenvalue weighted by atomic mass is 32.2. The van der Waals surface area contributed by atoms with Crippen molar-refractivity contribution in [1.82, 2.24) is 14.2 Å². The van der Waals surface area contributed by atoms with Crippen molar-refractivity contribution in [2.45, 2.75) is 50.1 Å². The maximum Gasteiger partial charge on any atom is 0.243 e. The molecule has 1 aromatic carbocycles. The standard InChI is InChI=1S/C22H27N3O3S2/c26-22(23-17-19-6-5-15-29-19)10-14-24-13-9-18-16-20(7-8-21(18)24)30(27,28)25-11-3-1-2-4-12-25/h5-9,13,15-16H,1-4,10-12,14,17H2,(H,23,26). The molecule has 0 unspecified atom stereocenters. The Morgan fingerprint density at radius 2 is 1.87 bits per heavy atom. The Morgan fingerprint density at radius 3 is 2.60 bits per heavy atom. The lowest BCUT2D eigenvalue weighted by molar-refractivity contribution is -0.121. The number of benzene rings is 1. The van der Waals surface area contributed by atoms with E-state index >= 15 is 0 Å². The van der Waals surface area contributed by atoms with Gasteiger partial charge in [-0.05, 0) is 48.6 Å². The molecule has 30 heavy (non-hydrogen) atoms. The Balaban J connectivity index is 1.42. The number of carbonyl (C=O) groups is 1. The molecule has 160 valence electrons. The van der Waals surface area contributed by atoms with E-state index in [1.54, 1.807) is 27.8 Å². The molecule has 1 N–H and O–H groups in total. The number of thiophene rings is 1. The Bertz CT molecular complexity index is 1100. The number of carbonyl (C=O) groups excluding carboxylic acids is 1. The van der Waals surface area contributed by atoms with Gasteiger partial charge in [-0.25, -0.2) is 8.42 Å². The second-order valence-corrected chi connectivity index (χ2v) is 10.6. The summed E-state index contributed by atoms with van der Waals surface area (Å²) in [7, 11) is -3.46. The Labute approximate surface area is 181 Å². The van der Waals surface area contributed by atoms with Gasteiger partial charge >= 0.3 is 0 Å². The number of amides is 1. The number of aryl methyl sites for hydroxylation is 1. The summed E-state index contributed by atoms with van der Waals surface area (Å²) in [6.07, 6.45) is 6.32. The Kier molecular flexibility index (Phi) is 6.55. The predicted molar refractivity (Wildman–Crippen MR) is 120 cm³/mol. The molecule has 6 nitrogen and oxygen atoms in total. The zero-order chi connectivity index (χ0) is 21.0. The molecule has 0 saturated carbocycles. The van der Waals surface area contributed by atoms with Crippen LogP contribution < -0.4 is 5.32 Å². The van der Waals surface area contributed by atoms with E-state index in [0.717, 1.165) is 41.5 Å². The third-order valence-electron chi connectivity index (χ3n) is 5.56. The minimum absolute atomic E-state index is 0.00520. The van der Waals surface area contributed by atoms with Crippen molar-refractivity contribution in [3.05, 3.63) is 52.9 Å². The van der Waals surface area contributed by atoms with Gasteiger partial charge in [-0.1, -0.05) is 18.9 Å². The minimum Gasteiger partial charge on any atom is -0.351 e. The number of hydrogen-bond acceptors (Lipinski definition) is 4.